The highest BCUT2D eigenvalue weighted by Gasteiger charge is 2.03. The van der Waals surface area contributed by atoms with Gasteiger partial charge in [0.2, 0.25) is 10.0 Å². The van der Waals surface area contributed by atoms with Crippen LogP contribution in [0.1, 0.15) is 19.8 Å². The van der Waals surface area contributed by atoms with Gasteiger partial charge in [-0.05, 0) is 6.42 Å². The molecular formula is C4H12N2O2S. The van der Waals surface area contributed by atoms with Crippen molar-refractivity contribution in [2.45, 2.75) is 19.8 Å². The second-order valence-electron chi connectivity index (χ2n) is 1.79. The summed E-state index contributed by atoms with van der Waals surface area (Å²) in [6.07, 6.45) is 1.52. The van der Waals surface area contributed by atoms with E-state index < -0.39 is 10.0 Å². The maximum absolute atomic E-state index is 10.5. The zero-order valence-electron chi connectivity index (χ0n) is 5.42. The molecule has 0 unspecified atom stereocenters. The molecule has 9 heavy (non-hydrogen) atoms. The second-order valence-corrected chi connectivity index (χ2v) is 3.66. The van der Waals surface area contributed by atoms with E-state index in [-0.39, 0.29) is 5.75 Å². The lowest BCUT2D eigenvalue weighted by molar-refractivity contribution is 0.580. The van der Waals surface area contributed by atoms with Crippen LogP contribution in [0.25, 0.3) is 0 Å². The minimum Gasteiger partial charge on any atom is -0.258 e. The molecule has 0 aromatic rings. The first kappa shape index (κ1) is 8.87. The maximum Gasteiger partial charge on any atom is 0.224 e. The van der Waals surface area contributed by atoms with Crippen LogP contribution in [0.4, 0.5) is 0 Å². The number of rotatable bonds is 4. The van der Waals surface area contributed by atoms with Gasteiger partial charge in [0.25, 0.3) is 0 Å². The number of nitrogens with two attached hydrogens (primary N) is 1. The summed E-state index contributed by atoms with van der Waals surface area (Å²) in [6, 6.07) is 0. The first-order valence-corrected chi connectivity index (χ1v) is 4.47. The van der Waals surface area contributed by atoms with Crippen molar-refractivity contribution in [1.82, 2.24) is 4.83 Å². The van der Waals surface area contributed by atoms with E-state index in [1.165, 1.54) is 0 Å². The molecule has 0 aromatic carbocycles. The van der Waals surface area contributed by atoms with Crippen LogP contribution < -0.4 is 10.7 Å². The quantitative estimate of drug-likeness (QED) is 0.424. The average Bonchev–Trinajstić information content (AvgIpc) is 1.84. The molecule has 3 N–H and O–H groups in total. The molecule has 0 aliphatic heterocycles. The second kappa shape index (κ2) is 3.81. The Morgan fingerprint density at radius 3 is 2.44 bits per heavy atom. The fourth-order valence-electron chi connectivity index (χ4n) is 0.393. The van der Waals surface area contributed by atoms with E-state index in [2.05, 4.69) is 0 Å². The molecule has 5 heteroatoms. The number of nitrogens with one attached hydrogen (secondary N) is 1. The molecule has 0 aromatic heterocycles. The molecule has 0 atom stereocenters. The van der Waals surface area contributed by atoms with E-state index in [1.54, 1.807) is 4.83 Å². The standard InChI is InChI=1S/C4H12N2O2S/c1-2-3-4-9(7,8)6-5/h6H,2-5H2,1H3. The third kappa shape index (κ3) is 4.38. The van der Waals surface area contributed by atoms with Crippen molar-refractivity contribution in [3.8, 4) is 0 Å². The zero-order valence-corrected chi connectivity index (χ0v) is 6.24. The fourth-order valence-corrected chi connectivity index (χ4v) is 1.18. The van der Waals surface area contributed by atoms with Crippen LogP contribution in [-0.4, -0.2) is 14.2 Å². The van der Waals surface area contributed by atoms with Crippen LogP contribution in [0.3, 0.4) is 0 Å². The third-order valence-corrected chi connectivity index (χ3v) is 2.13. The molecule has 4 nitrogen and oxygen atoms in total. The molecule has 0 aliphatic rings. The van der Waals surface area contributed by atoms with Gasteiger partial charge in [0.05, 0.1) is 5.75 Å². The SMILES string of the molecule is CCCCS(=O)(=O)NN. The van der Waals surface area contributed by atoms with Gasteiger partial charge in [0.1, 0.15) is 0 Å². The van der Waals surface area contributed by atoms with Crippen molar-refractivity contribution in [3.63, 3.8) is 0 Å². The van der Waals surface area contributed by atoms with Crippen molar-refractivity contribution in [3.05, 3.63) is 0 Å². The summed E-state index contributed by atoms with van der Waals surface area (Å²) < 4.78 is 21.0. The summed E-state index contributed by atoms with van der Waals surface area (Å²) in [7, 11) is -3.15. The number of sulfonamides is 1. The highest BCUT2D eigenvalue weighted by Crippen LogP contribution is 1.90. The Morgan fingerprint density at radius 2 is 2.11 bits per heavy atom. The minimum absolute atomic E-state index is 0.125. The molecule has 0 aliphatic carbocycles. The van der Waals surface area contributed by atoms with Crippen LogP contribution in [0.15, 0.2) is 0 Å². The van der Waals surface area contributed by atoms with Crippen molar-refractivity contribution in [2.24, 2.45) is 5.84 Å². The van der Waals surface area contributed by atoms with Crippen LogP contribution in [-0.2, 0) is 10.0 Å². The monoisotopic (exact) mass is 152 g/mol. The number of hydrogen-bond acceptors (Lipinski definition) is 3. The summed E-state index contributed by atoms with van der Waals surface area (Å²) >= 11 is 0. The lowest BCUT2D eigenvalue weighted by atomic mass is 10.4. The molecule has 0 heterocycles. The molecule has 56 valence electrons. The molecule has 0 rings (SSSR count). The Labute approximate surface area is 55.5 Å². The number of hydrazine groups is 1. The van der Waals surface area contributed by atoms with Crippen molar-refractivity contribution in [1.29, 1.82) is 0 Å². The molecule has 0 bridgehead atoms. The van der Waals surface area contributed by atoms with Crippen molar-refractivity contribution in [2.75, 3.05) is 5.75 Å². The lowest BCUT2D eigenvalue weighted by Crippen LogP contribution is -2.32. The van der Waals surface area contributed by atoms with E-state index >= 15 is 0 Å². The first-order chi connectivity index (χ1) is 4.12. The summed E-state index contributed by atoms with van der Waals surface area (Å²) in [4.78, 5) is 1.75. The predicted octanol–water partition coefficient (Wildman–Crippen LogP) is -0.420. The van der Waals surface area contributed by atoms with Crippen molar-refractivity contribution >= 4 is 10.0 Å². The largest absolute Gasteiger partial charge is 0.258 e. The van der Waals surface area contributed by atoms with E-state index in [9.17, 15) is 8.42 Å². The van der Waals surface area contributed by atoms with Gasteiger partial charge < -0.3 is 0 Å². The Morgan fingerprint density at radius 1 is 1.56 bits per heavy atom. The van der Waals surface area contributed by atoms with Gasteiger partial charge in [-0.3, -0.25) is 5.84 Å². The molecule has 0 saturated heterocycles. The Kier molecular flexibility index (Phi) is 3.76. The molecule has 0 spiro atoms. The fraction of sp³-hybridized carbons (Fsp3) is 1.00. The average molecular weight is 152 g/mol. The minimum atomic E-state index is -3.15. The van der Waals surface area contributed by atoms with Gasteiger partial charge in [-0.25, -0.2) is 8.42 Å². The van der Waals surface area contributed by atoms with Gasteiger partial charge in [-0.1, -0.05) is 13.3 Å². The van der Waals surface area contributed by atoms with E-state index in [0.717, 1.165) is 6.42 Å². The highest BCUT2D eigenvalue weighted by atomic mass is 32.2. The van der Waals surface area contributed by atoms with Gasteiger partial charge in [0, 0.05) is 0 Å². The van der Waals surface area contributed by atoms with Crippen LogP contribution in [0.2, 0.25) is 0 Å². The smallest absolute Gasteiger partial charge is 0.224 e. The lowest BCUT2D eigenvalue weighted by Gasteiger charge is -1.97. The molecule has 0 radical (unpaired) electrons. The normalized spacial score (nSPS) is 11.8. The van der Waals surface area contributed by atoms with E-state index in [4.69, 9.17) is 5.84 Å². The topological polar surface area (TPSA) is 72.2 Å². The van der Waals surface area contributed by atoms with Gasteiger partial charge >= 0.3 is 0 Å². The summed E-state index contributed by atoms with van der Waals surface area (Å²) in [5, 5.41) is 0. The van der Waals surface area contributed by atoms with E-state index in [1.807, 2.05) is 6.92 Å². The highest BCUT2D eigenvalue weighted by molar-refractivity contribution is 7.89. The van der Waals surface area contributed by atoms with Crippen molar-refractivity contribution < 1.29 is 8.42 Å². The summed E-state index contributed by atoms with van der Waals surface area (Å²) in [5.74, 6) is 4.83. The van der Waals surface area contributed by atoms with Crippen LogP contribution in [0, 0.1) is 0 Å². The molecule has 0 fully saturated rings. The maximum atomic E-state index is 10.5. The Balaban J connectivity index is 3.61. The molecule has 0 amide bonds. The van der Waals surface area contributed by atoms with Crippen LogP contribution in [0.5, 0.6) is 0 Å². The Hall–Kier alpha value is -0.130. The van der Waals surface area contributed by atoms with E-state index in [0.29, 0.717) is 6.42 Å². The summed E-state index contributed by atoms with van der Waals surface area (Å²) in [6.45, 7) is 1.92. The molecule has 0 saturated carbocycles. The zero-order chi connectivity index (χ0) is 7.33. The number of unbranched alkanes of at least 4 members (excludes halogenated alkanes) is 1. The van der Waals surface area contributed by atoms with Gasteiger partial charge in [-0.2, -0.15) is 4.83 Å². The summed E-state index contributed by atoms with van der Waals surface area (Å²) in [5.41, 5.74) is 0. The van der Waals surface area contributed by atoms with Gasteiger partial charge in [-0.15, -0.1) is 0 Å². The molecular weight excluding hydrogens is 140 g/mol. The predicted molar refractivity (Wildman–Crippen MR) is 36.0 cm³/mol. The van der Waals surface area contributed by atoms with Crippen LogP contribution >= 0.6 is 0 Å². The van der Waals surface area contributed by atoms with Gasteiger partial charge in [0.15, 0.2) is 0 Å². The first-order valence-electron chi connectivity index (χ1n) is 2.82. The number of hydrogen-bond donors (Lipinski definition) is 2. The Bertz CT molecular complexity index is 152. The third-order valence-electron chi connectivity index (χ3n) is 0.946.